The smallest absolute Gasteiger partial charge is 0.264 e. The maximum Gasteiger partial charge on any atom is 0.264 e. The van der Waals surface area contributed by atoms with Gasteiger partial charge in [-0.3, -0.25) is 10.1 Å². The van der Waals surface area contributed by atoms with Crippen LogP contribution in [0.15, 0.2) is 54.7 Å². The van der Waals surface area contributed by atoms with Crippen LogP contribution in [-0.2, 0) is 11.2 Å². The quantitative estimate of drug-likeness (QED) is 0.681. The monoisotopic (exact) mass is 372 g/mol. The second kappa shape index (κ2) is 8.14. The Morgan fingerprint density at radius 2 is 2.08 bits per heavy atom. The molecule has 2 aromatic carbocycles. The SMILES string of the molecule is Cc1cccc(Cc2cnc(NC(=O)COc3cccc(Cl)c3)s2)c1. The van der Waals surface area contributed by atoms with Crippen molar-refractivity contribution in [2.75, 3.05) is 11.9 Å². The molecule has 0 fully saturated rings. The van der Waals surface area contributed by atoms with Crippen molar-refractivity contribution in [3.8, 4) is 5.75 Å². The fourth-order valence-corrected chi connectivity index (χ4v) is 3.37. The van der Waals surface area contributed by atoms with Crippen LogP contribution in [-0.4, -0.2) is 17.5 Å². The zero-order chi connectivity index (χ0) is 17.6. The third-order valence-electron chi connectivity index (χ3n) is 3.43. The zero-order valence-electron chi connectivity index (χ0n) is 13.7. The lowest BCUT2D eigenvalue weighted by molar-refractivity contribution is -0.118. The van der Waals surface area contributed by atoms with Gasteiger partial charge in [-0.25, -0.2) is 4.98 Å². The van der Waals surface area contributed by atoms with Gasteiger partial charge in [-0.05, 0) is 30.7 Å². The van der Waals surface area contributed by atoms with Gasteiger partial charge in [0.05, 0.1) is 0 Å². The summed E-state index contributed by atoms with van der Waals surface area (Å²) in [6, 6.07) is 15.3. The summed E-state index contributed by atoms with van der Waals surface area (Å²) in [6.45, 7) is 1.98. The Kier molecular flexibility index (Phi) is 5.68. The van der Waals surface area contributed by atoms with Gasteiger partial charge in [0.1, 0.15) is 5.75 Å². The van der Waals surface area contributed by atoms with Gasteiger partial charge in [0.25, 0.3) is 5.91 Å². The molecule has 1 aromatic heterocycles. The van der Waals surface area contributed by atoms with E-state index in [-0.39, 0.29) is 12.5 Å². The summed E-state index contributed by atoms with van der Waals surface area (Å²) in [4.78, 5) is 17.3. The number of nitrogens with zero attached hydrogens (tertiary/aromatic N) is 1. The minimum absolute atomic E-state index is 0.0901. The highest BCUT2D eigenvalue weighted by atomic mass is 35.5. The average Bonchev–Trinajstić information content (AvgIpc) is 3.00. The second-order valence-electron chi connectivity index (χ2n) is 5.59. The van der Waals surface area contributed by atoms with E-state index in [4.69, 9.17) is 16.3 Å². The number of amides is 1. The van der Waals surface area contributed by atoms with Crippen LogP contribution in [0.1, 0.15) is 16.0 Å². The van der Waals surface area contributed by atoms with Crippen LogP contribution < -0.4 is 10.1 Å². The Hall–Kier alpha value is -2.37. The van der Waals surface area contributed by atoms with E-state index in [1.807, 2.05) is 6.07 Å². The molecule has 0 atom stereocenters. The Bertz CT molecular complexity index is 879. The lowest BCUT2D eigenvalue weighted by atomic mass is 10.1. The van der Waals surface area contributed by atoms with Gasteiger partial charge in [-0.2, -0.15) is 0 Å². The minimum atomic E-state index is -0.253. The van der Waals surface area contributed by atoms with Gasteiger partial charge >= 0.3 is 0 Å². The first-order valence-corrected chi connectivity index (χ1v) is 8.96. The minimum Gasteiger partial charge on any atom is -0.484 e. The van der Waals surface area contributed by atoms with E-state index in [0.29, 0.717) is 15.9 Å². The number of hydrogen-bond donors (Lipinski definition) is 1. The standard InChI is InChI=1S/C19H17ClN2O2S/c1-13-4-2-5-14(8-13)9-17-11-21-19(25-17)22-18(23)12-24-16-7-3-6-15(20)10-16/h2-8,10-11H,9,12H2,1H3,(H,21,22,23). The van der Waals surface area contributed by atoms with Gasteiger partial charge < -0.3 is 4.74 Å². The number of anilines is 1. The topological polar surface area (TPSA) is 51.2 Å². The van der Waals surface area contributed by atoms with E-state index in [9.17, 15) is 4.79 Å². The molecular formula is C19H17ClN2O2S. The summed E-state index contributed by atoms with van der Waals surface area (Å²) in [6.07, 6.45) is 2.59. The van der Waals surface area contributed by atoms with Crippen molar-refractivity contribution in [2.24, 2.45) is 0 Å². The molecule has 4 nitrogen and oxygen atoms in total. The van der Waals surface area contributed by atoms with E-state index in [1.54, 1.807) is 30.5 Å². The highest BCUT2D eigenvalue weighted by Crippen LogP contribution is 2.22. The van der Waals surface area contributed by atoms with Crippen LogP contribution in [0.5, 0.6) is 5.75 Å². The highest BCUT2D eigenvalue weighted by Gasteiger charge is 2.08. The predicted molar refractivity (Wildman–Crippen MR) is 102 cm³/mol. The molecule has 1 amide bonds. The number of nitrogens with one attached hydrogen (secondary N) is 1. The van der Waals surface area contributed by atoms with E-state index < -0.39 is 0 Å². The van der Waals surface area contributed by atoms with Gasteiger partial charge in [0, 0.05) is 22.5 Å². The summed E-state index contributed by atoms with van der Waals surface area (Å²) in [5.74, 6) is 0.304. The lowest BCUT2D eigenvalue weighted by Gasteiger charge is -2.05. The Labute approximate surface area is 155 Å². The molecule has 6 heteroatoms. The fourth-order valence-electron chi connectivity index (χ4n) is 2.33. The maximum absolute atomic E-state index is 12.0. The van der Waals surface area contributed by atoms with E-state index in [2.05, 4.69) is 35.4 Å². The van der Waals surface area contributed by atoms with Crippen molar-refractivity contribution in [3.05, 3.63) is 75.8 Å². The Morgan fingerprint density at radius 1 is 1.24 bits per heavy atom. The van der Waals surface area contributed by atoms with Crippen LogP contribution in [0, 0.1) is 6.92 Å². The van der Waals surface area contributed by atoms with E-state index in [1.165, 1.54) is 22.5 Å². The molecule has 3 rings (SSSR count). The summed E-state index contributed by atoms with van der Waals surface area (Å²) in [5, 5.41) is 3.89. The third kappa shape index (κ3) is 5.31. The predicted octanol–water partition coefficient (Wildman–Crippen LogP) is 4.71. The normalized spacial score (nSPS) is 10.5. The third-order valence-corrected chi connectivity index (χ3v) is 4.57. The molecule has 0 spiro atoms. The van der Waals surface area contributed by atoms with Crippen LogP contribution in [0.2, 0.25) is 5.02 Å². The number of halogens is 1. The van der Waals surface area contributed by atoms with Crippen molar-refractivity contribution in [1.82, 2.24) is 4.98 Å². The number of rotatable bonds is 6. The van der Waals surface area contributed by atoms with Crippen molar-refractivity contribution < 1.29 is 9.53 Å². The molecule has 128 valence electrons. The van der Waals surface area contributed by atoms with Crippen LogP contribution in [0.4, 0.5) is 5.13 Å². The Balaban J connectivity index is 1.53. The van der Waals surface area contributed by atoms with Crippen molar-refractivity contribution in [2.45, 2.75) is 13.3 Å². The van der Waals surface area contributed by atoms with Crippen LogP contribution in [0.3, 0.4) is 0 Å². The van der Waals surface area contributed by atoms with Gasteiger partial charge in [-0.1, -0.05) is 47.5 Å². The molecular weight excluding hydrogens is 356 g/mol. The van der Waals surface area contributed by atoms with E-state index >= 15 is 0 Å². The molecule has 0 unspecified atom stereocenters. The number of hydrogen-bond acceptors (Lipinski definition) is 4. The van der Waals surface area contributed by atoms with Gasteiger partial charge in [-0.15, -0.1) is 11.3 Å². The number of benzene rings is 2. The van der Waals surface area contributed by atoms with Crippen molar-refractivity contribution in [1.29, 1.82) is 0 Å². The number of aromatic nitrogens is 1. The zero-order valence-corrected chi connectivity index (χ0v) is 15.2. The van der Waals surface area contributed by atoms with Crippen LogP contribution in [0.25, 0.3) is 0 Å². The molecule has 1 N–H and O–H groups in total. The number of aryl methyl sites for hydroxylation is 1. The largest absolute Gasteiger partial charge is 0.484 e. The molecule has 0 aliphatic rings. The first kappa shape index (κ1) is 17.5. The number of thiazole rings is 1. The molecule has 0 saturated carbocycles. The summed E-state index contributed by atoms with van der Waals surface area (Å²) in [7, 11) is 0. The molecule has 3 aromatic rings. The van der Waals surface area contributed by atoms with Gasteiger partial charge in [0.15, 0.2) is 11.7 Å². The summed E-state index contributed by atoms with van der Waals surface area (Å²) >= 11 is 7.35. The molecule has 0 aliphatic heterocycles. The van der Waals surface area contributed by atoms with Crippen molar-refractivity contribution in [3.63, 3.8) is 0 Å². The van der Waals surface area contributed by atoms with Crippen molar-refractivity contribution >= 4 is 34.0 Å². The van der Waals surface area contributed by atoms with E-state index in [0.717, 1.165) is 11.3 Å². The average molecular weight is 373 g/mol. The lowest BCUT2D eigenvalue weighted by Crippen LogP contribution is -2.19. The molecule has 1 heterocycles. The molecule has 0 saturated heterocycles. The maximum atomic E-state index is 12.0. The van der Waals surface area contributed by atoms with Gasteiger partial charge in [0.2, 0.25) is 0 Å². The molecule has 0 radical (unpaired) electrons. The molecule has 0 bridgehead atoms. The Morgan fingerprint density at radius 3 is 2.88 bits per heavy atom. The number of carbonyl (C=O) groups excluding carboxylic acids is 1. The fraction of sp³-hybridized carbons (Fsp3) is 0.158. The summed E-state index contributed by atoms with van der Waals surface area (Å²) < 4.78 is 5.42. The second-order valence-corrected chi connectivity index (χ2v) is 7.14. The first-order valence-electron chi connectivity index (χ1n) is 7.77. The molecule has 0 aliphatic carbocycles. The number of ether oxygens (including phenoxy) is 1. The molecule has 25 heavy (non-hydrogen) atoms. The summed E-state index contributed by atoms with van der Waals surface area (Å²) in [5.41, 5.74) is 2.46. The first-order chi connectivity index (χ1) is 12.1. The highest BCUT2D eigenvalue weighted by molar-refractivity contribution is 7.15. The van der Waals surface area contributed by atoms with Crippen LogP contribution >= 0.6 is 22.9 Å². The number of carbonyl (C=O) groups is 1.